The summed E-state index contributed by atoms with van der Waals surface area (Å²) in [5.74, 6) is -2.34. The number of primary amides is 1. The molecule has 1 aromatic heterocycles. The van der Waals surface area contributed by atoms with Gasteiger partial charge in [-0.1, -0.05) is 0 Å². The molecule has 2 atom stereocenters. The van der Waals surface area contributed by atoms with Gasteiger partial charge >= 0.3 is 6.18 Å². The normalized spacial score (nSPS) is 26.7. The fourth-order valence-corrected chi connectivity index (χ4v) is 4.77. The van der Waals surface area contributed by atoms with Gasteiger partial charge in [-0.15, -0.1) is 0 Å². The van der Waals surface area contributed by atoms with Crippen molar-refractivity contribution in [2.24, 2.45) is 23.5 Å². The Balaban J connectivity index is 1.52. The molecule has 0 aromatic carbocycles. The van der Waals surface area contributed by atoms with E-state index in [2.05, 4.69) is 15.3 Å². The molecule has 12 heteroatoms. The standard InChI is InChI=1S/C21H32F4N6O2/c1-30(9-13-2-4-15(5-3-13)21(23,24)25)20-18(22)19(28-12-29-20)27-8-14-6-7-31(10-16(14)32)11-17(26)33/h12-16,32H,2-11H2,1H3,(H2,26,33)(H,27,28,29)/t13?,14?,15?,16-/m0/s1. The van der Waals surface area contributed by atoms with Crippen molar-refractivity contribution >= 4 is 17.5 Å². The van der Waals surface area contributed by atoms with Crippen molar-refractivity contribution in [3.63, 3.8) is 0 Å². The number of likely N-dealkylation sites (tertiary alicyclic amines) is 1. The van der Waals surface area contributed by atoms with Gasteiger partial charge in [0.2, 0.25) is 11.7 Å². The number of amides is 1. The van der Waals surface area contributed by atoms with Crippen LogP contribution in [0, 0.1) is 23.6 Å². The van der Waals surface area contributed by atoms with Crippen LogP contribution in [0.5, 0.6) is 0 Å². The summed E-state index contributed by atoms with van der Waals surface area (Å²) in [6.07, 6.45) is -1.90. The van der Waals surface area contributed by atoms with E-state index in [1.54, 1.807) is 16.8 Å². The molecule has 3 rings (SSSR count). The number of hydrogen-bond acceptors (Lipinski definition) is 7. The highest BCUT2D eigenvalue weighted by atomic mass is 19.4. The number of hydrogen-bond donors (Lipinski definition) is 3. The Morgan fingerprint density at radius 3 is 2.58 bits per heavy atom. The van der Waals surface area contributed by atoms with E-state index in [4.69, 9.17) is 5.73 Å². The Morgan fingerprint density at radius 2 is 1.97 bits per heavy atom. The minimum Gasteiger partial charge on any atom is -0.391 e. The minimum absolute atomic E-state index is 0.0133. The first-order valence-electron chi connectivity index (χ1n) is 11.3. The Kier molecular flexibility index (Phi) is 8.33. The molecule has 2 heterocycles. The number of carbonyl (C=O) groups is 1. The number of nitrogens with zero attached hydrogens (tertiary/aromatic N) is 4. The fraction of sp³-hybridized carbons (Fsp3) is 0.762. The van der Waals surface area contributed by atoms with Gasteiger partial charge in [0.05, 0.1) is 18.6 Å². The lowest BCUT2D eigenvalue weighted by Crippen LogP contribution is -2.48. The molecule has 1 aliphatic heterocycles. The average Bonchev–Trinajstić information content (AvgIpc) is 2.73. The molecule has 8 nitrogen and oxygen atoms in total. The number of halogens is 4. The highest BCUT2D eigenvalue weighted by Gasteiger charge is 2.41. The summed E-state index contributed by atoms with van der Waals surface area (Å²) >= 11 is 0. The molecule has 186 valence electrons. The molecule has 1 amide bonds. The summed E-state index contributed by atoms with van der Waals surface area (Å²) in [5.41, 5.74) is 5.20. The molecule has 0 bridgehead atoms. The average molecular weight is 477 g/mol. The van der Waals surface area contributed by atoms with Crippen LogP contribution in [0.1, 0.15) is 32.1 Å². The van der Waals surface area contributed by atoms with Crippen molar-refractivity contribution in [3.8, 4) is 0 Å². The minimum atomic E-state index is -4.15. The number of anilines is 2. The van der Waals surface area contributed by atoms with Gasteiger partial charge in [0.1, 0.15) is 6.33 Å². The van der Waals surface area contributed by atoms with E-state index in [1.807, 2.05) is 0 Å². The molecule has 1 saturated carbocycles. The number of nitrogens with two attached hydrogens (primary N) is 1. The molecule has 33 heavy (non-hydrogen) atoms. The second kappa shape index (κ2) is 10.8. The lowest BCUT2D eigenvalue weighted by molar-refractivity contribution is -0.183. The van der Waals surface area contributed by atoms with Gasteiger partial charge in [0.25, 0.3) is 0 Å². The Bertz CT molecular complexity index is 803. The van der Waals surface area contributed by atoms with Crippen LogP contribution < -0.4 is 16.0 Å². The van der Waals surface area contributed by atoms with E-state index in [0.29, 0.717) is 45.4 Å². The van der Waals surface area contributed by atoms with Gasteiger partial charge in [-0.25, -0.2) is 9.97 Å². The molecular formula is C21H32F4N6O2. The van der Waals surface area contributed by atoms with E-state index in [-0.39, 0.29) is 42.9 Å². The van der Waals surface area contributed by atoms with E-state index in [9.17, 15) is 23.1 Å². The molecule has 1 aliphatic carbocycles. The van der Waals surface area contributed by atoms with E-state index < -0.39 is 29.9 Å². The lowest BCUT2D eigenvalue weighted by Gasteiger charge is -2.35. The van der Waals surface area contributed by atoms with Crippen molar-refractivity contribution in [2.75, 3.05) is 50.0 Å². The van der Waals surface area contributed by atoms with Crippen LogP contribution >= 0.6 is 0 Å². The molecule has 4 N–H and O–H groups in total. The molecule has 1 saturated heterocycles. The number of piperidine rings is 1. The Labute approximate surface area is 190 Å². The van der Waals surface area contributed by atoms with Gasteiger partial charge in [-0.2, -0.15) is 17.6 Å². The number of aromatic nitrogens is 2. The number of rotatable bonds is 8. The molecule has 2 aliphatic rings. The number of nitrogens with one attached hydrogen (secondary N) is 1. The third-order valence-corrected chi connectivity index (χ3v) is 6.69. The molecular weight excluding hydrogens is 444 g/mol. The Morgan fingerprint density at radius 1 is 1.27 bits per heavy atom. The largest absolute Gasteiger partial charge is 0.391 e. The van der Waals surface area contributed by atoms with Crippen LogP contribution in [0.15, 0.2) is 6.33 Å². The highest BCUT2D eigenvalue weighted by Crippen LogP contribution is 2.40. The number of β-amino-alcohol motifs (C(OH)–C–C–N with tert-alkyl or cyclic N) is 1. The van der Waals surface area contributed by atoms with Crippen molar-refractivity contribution in [2.45, 2.75) is 44.4 Å². The predicted molar refractivity (Wildman–Crippen MR) is 115 cm³/mol. The molecule has 0 spiro atoms. The van der Waals surface area contributed by atoms with Crippen molar-refractivity contribution in [1.29, 1.82) is 0 Å². The second-order valence-corrected chi connectivity index (χ2v) is 9.20. The van der Waals surface area contributed by atoms with Crippen molar-refractivity contribution in [3.05, 3.63) is 12.1 Å². The smallest absolute Gasteiger partial charge is 0.391 e. The van der Waals surface area contributed by atoms with E-state index in [0.717, 1.165) is 0 Å². The summed E-state index contributed by atoms with van der Waals surface area (Å²) in [7, 11) is 1.67. The van der Waals surface area contributed by atoms with Crippen molar-refractivity contribution < 1.29 is 27.5 Å². The Hall–Kier alpha value is -2.21. The first-order chi connectivity index (χ1) is 15.5. The summed E-state index contributed by atoms with van der Waals surface area (Å²) < 4.78 is 53.7. The van der Waals surface area contributed by atoms with Crippen LogP contribution in [0.2, 0.25) is 0 Å². The van der Waals surface area contributed by atoms with Gasteiger partial charge < -0.3 is 21.1 Å². The maximum absolute atomic E-state index is 15.1. The van der Waals surface area contributed by atoms with Crippen LogP contribution in [-0.2, 0) is 4.79 Å². The summed E-state index contributed by atoms with van der Waals surface area (Å²) in [5, 5.41) is 13.3. The monoisotopic (exact) mass is 476 g/mol. The zero-order valence-electron chi connectivity index (χ0n) is 18.7. The maximum atomic E-state index is 15.1. The second-order valence-electron chi connectivity index (χ2n) is 9.20. The summed E-state index contributed by atoms with van der Waals surface area (Å²) in [6, 6.07) is 0. The molecule has 2 fully saturated rings. The number of aliphatic hydroxyl groups is 1. The first-order valence-corrected chi connectivity index (χ1v) is 11.3. The van der Waals surface area contributed by atoms with Crippen molar-refractivity contribution in [1.82, 2.24) is 14.9 Å². The van der Waals surface area contributed by atoms with E-state index in [1.165, 1.54) is 6.33 Å². The van der Waals surface area contributed by atoms with Crippen LogP contribution in [0.25, 0.3) is 0 Å². The quantitative estimate of drug-likeness (QED) is 0.493. The molecule has 1 unspecified atom stereocenters. The lowest BCUT2D eigenvalue weighted by atomic mass is 9.81. The van der Waals surface area contributed by atoms with Crippen LogP contribution in [-0.4, -0.2) is 77.9 Å². The number of carbonyl (C=O) groups excluding carboxylic acids is 1. The maximum Gasteiger partial charge on any atom is 0.391 e. The molecule has 1 aromatic rings. The first kappa shape index (κ1) is 25.4. The highest BCUT2D eigenvalue weighted by molar-refractivity contribution is 5.75. The SMILES string of the molecule is CN(CC1CCC(C(F)(F)F)CC1)c1ncnc(NCC2CCN(CC(N)=O)C[C@@H]2O)c1F. The van der Waals surface area contributed by atoms with Gasteiger partial charge in [0.15, 0.2) is 11.6 Å². The van der Waals surface area contributed by atoms with Gasteiger partial charge in [0, 0.05) is 32.6 Å². The third kappa shape index (κ3) is 6.89. The zero-order valence-corrected chi connectivity index (χ0v) is 18.7. The summed E-state index contributed by atoms with van der Waals surface area (Å²) in [6.45, 7) is 1.71. The third-order valence-electron chi connectivity index (χ3n) is 6.69. The summed E-state index contributed by atoms with van der Waals surface area (Å²) in [4.78, 5) is 22.4. The molecule has 0 radical (unpaired) electrons. The predicted octanol–water partition coefficient (Wildman–Crippen LogP) is 2.00. The van der Waals surface area contributed by atoms with Crippen LogP contribution in [0.4, 0.5) is 29.2 Å². The number of alkyl halides is 3. The fourth-order valence-electron chi connectivity index (χ4n) is 4.77. The number of aliphatic hydroxyl groups excluding tert-OH is 1. The van der Waals surface area contributed by atoms with Gasteiger partial charge in [-0.3, -0.25) is 9.69 Å². The zero-order chi connectivity index (χ0) is 24.2. The van der Waals surface area contributed by atoms with Crippen LogP contribution in [0.3, 0.4) is 0 Å². The van der Waals surface area contributed by atoms with Gasteiger partial charge in [-0.05, 0) is 44.6 Å². The van der Waals surface area contributed by atoms with E-state index >= 15 is 4.39 Å². The topological polar surface area (TPSA) is 108 Å².